The first-order valence-corrected chi connectivity index (χ1v) is 7.63. The van der Waals surface area contributed by atoms with Crippen molar-refractivity contribution in [3.63, 3.8) is 0 Å². The van der Waals surface area contributed by atoms with Gasteiger partial charge in [0.2, 0.25) is 5.03 Å². The van der Waals surface area contributed by atoms with Gasteiger partial charge in [-0.25, -0.2) is 4.98 Å². The molecule has 3 nitrogen and oxygen atoms in total. The molecule has 1 aromatic carbocycles. The van der Waals surface area contributed by atoms with E-state index in [1.807, 2.05) is 24.3 Å². The van der Waals surface area contributed by atoms with E-state index < -0.39 is 11.2 Å². The van der Waals surface area contributed by atoms with Gasteiger partial charge in [0.25, 0.3) is 0 Å². The summed E-state index contributed by atoms with van der Waals surface area (Å²) in [6.45, 7) is 2.13. The maximum absolute atomic E-state index is 12.3. The van der Waals surface area contributed by atoms with E-state index in [0.29, 0.717) is 10.9 Å². The summed E-state index contributed by atoms with van der Waals surface area (Å²) in [5.74, 6) is 0.595. The van der Waals surface area contributed by atoms with Gasteiger partial charge in [-0.15, -0.1) is 0 Å². The van der Waals surface area contributed by atoms with E-state index >= 15 is 0 Å². The number of aromatic nitrogens is 1. The standard InChI is InChI=1S/C15H16N2OS/c18-19(15-3-1-2-9-17-15)14-6-4-12(5-7-14)13-8-10-16-11-13/h1-7,9,13,16H,8,10-11H2. The second-order valence-corrected chi connectivity index (χ2v) is 6.12. The molecule has 0 spiro atoms. The lowest BCUT2D eigenvalue weighted by molar-refractivity contribution is 0.591. The number of rotatable bonds is 3. The third-order valence-electron chi connectivity index (χ3n) is 3.45. The van der Waals surface area contributed by atoms with Crippen LogP contribution in [0, 0.1) is 0 Å². The SMILES string of the molecule is [O-][S+](c1ccc(C2CCNC2)cc1)c1ccccn1. The Kier molecular flexibility index (Phi) is 3.82. The van der Waals surface area contributed by atoms with Crippen molar-refractivity contribution in [2.75, 3.05) is 13.1 Å². The maximum atomic E-state index is 12.3. The largest absolute Gasteiger partial charge is 0.605 e. The third-order valence-corrected chi connectivity index (χ3v) is 4.78. The summed E-state index contributed by atoms with van der Waals surface area (Å²) in [6, 6.07) is 13.6. The Hall–Kier alpha value is -1.36. The molecule has 1 aliphatic rings. The number of nitrogens with zero attached hydrogens (tertiary/aromatic N) is 1. The molecule has 1 aromatic heterocycles. The van der Waals surface area contributed by atoms with Crippen molar-refractivity contribution in [2.24, 2.45) is 0 Å². The van der Waals surface area contributed by atoms with Crippen LogP contribution in [0.3, 0.4) is 0 Å². The molecule has 2 unspecified atom stereocenters. The van der Waals surface area contributed by atoms with Gasteiger partial charge in [-0.05, 0) is 42.6 Å². The molecule has 1 N–H and O–H groups in total. The van der Waals surface area contributed by atoms with E-state index in [4.69, 9.17) is 0 Å². The van der Waals surface area contributed by atoms with Gasteiger partial charge in [0, 0.05) is 30.0 Å². The van der Waals surface area contributed by atoms with Gasteiger partial charge in [0.05, 0.1) is 0 Å². The van der Waals surface area contributed by atoms with Crippen molar-refractivity contribution in [3.05, 3.63) is 54.2 Å². The van der Waals surface area contributed by atoms with Crippen molar-refractivity contribution < 1.29 is 4.55 Å². The third kappa shape index (κ3) is 2.81. The van der Waals surface area contributed by atoms with Crippen LogP contribution in [0.25, 0.3) is 0 Å². The molecule has 2 aromatic rings. The van der Waals surface area contributed by atoms with Gasteiger partial charge >= 0.3 is 0 Å². The van der Waals surface area contributed by atoms with E-state index in [-0.39, 0.29) is 0 Å². The number of nitrogens with one attached hydrogen (secondary N) is 1. The molecule has 0 saturated carbocycles. The first-order chi connectivity index (χ1) is 9.34. The molecular weight excluding hydrogens is 256 g/mol. The number of benzene rings is 1. The Morgan fingerprint density at radius 1 is 1.16 bits per heavy atom. The molecule has 1 saturated heterocycles. The lowest BCUT2D eigenvalue weighted by atomic mass is 9.99. The maximum Gasteiger partial charge on any atom is 0.250 e. The predicted octanol–water partition coefficient (Wildman–Crippen LogP) is 2.33. The van der Waals surface area contributed by atoms with Crippen LogP contribution in [0.15, 0.2) is 58.6 Å². The van der Waals surface area contributed by atoms with Crippen LogP contribution in [0.2, 0.25) is 0 Å². The summed E-state index contributed by atoms with van der Waals surface area (Å²) < 4.78 is 12.3. The molecule has 0 aliphatic carbocycles. The molecule has 0 radical (unpaired) electrons. The fourth-order valence-electron chi connectivity index (χ4n) is 2.38. The van der Waals surface area contributed by atoms with Gasteiger partial charge in [0.1, 0.15) is 0 Å². The van der Waals surface area contributed by atoms with Crippen LogP contribution in [0.1, 0.15) is 17.9 Å². The van der Waals surface area contributed by atoms with Gasteiger partial charge in [-0.1, -0.05) is 18.2 Å². The van der Waals surface area contributed by atoms with Crippen LogP contribution in [-0.4, -0.2) is 22.6 Å². The van der Waals surface area contributed by atoms with Gasteiger partial charge < -0.3 is 9.87 Å². The minimum absolute atomic E-state index is 0.595. The minimum Gasteiger partial charge on any atom is -0.605 e. The zero-order valence-electron chi connectivity index (χ0n) is 10.6. The second-order valence-electron chi connectivity index (χ2n) is 4.70. The Bertz CT molecular complexity index is 524. The lowest BCUT2D eigenvalue weighted by Crippen LogP contribution is -2.08. The first-order valence-electron chi connectivity index (χ1n) is 6.48. The Morgan fingerprint density at radius 3 is 2.63 bits per heavy atom. The average molecular weight is 272 g/mol. The summed E-state index contributed by atoms with van der Waals surface area (Å²) in [5.41, 5.74) is 1.33. The average Bonchev–Trinajstić information content (AvgIpc) is 3.02. The zero-order chi connectivity index (χ0) is 13.1. The van der Waals surface area contributed by atoms with Crippen LogP contribution in [0.5, 0.6) is 0 Å². The highest BCUT2D eigenvalue weighted by molar-refractivity contribution is 7.91. The van der Waals surface area contributed by atoms with Crippen molar-refractivity contribution in [3.8, 4) is 0 Å². The molecule has 19 heavy (non-hydrogen) atoms. The molecule has 2 heterocycles. The van der Waals surface area contributed by atoms with E-state index in [1.165, 1.54) is 12.0 Å². The lowest BCUT2D eigenvalue weighted by Gasteiger charge is -2.11. The van der Waals surface area contributed by atoms with Crippen LogP contribution >= 0.6 is 0 Å². The van der Waals surface area contributed by atoms with Crippen molar-refractivity contribution in [2.45, 2.75) is 22.3 Å². The molecule has 3 rings (SSSR count). The summed E-state index contributed by atoms with van der Waals surface area (Å²) in [7, 11) is 0. The molecule has 1 aliphatic heterocycles. The first kappa shape index (κ1) is 12.7. The Labute approximate surface area is 116 Å². The minimum atomic E-state index is -1.18. The monoisotopic (exact) mass is 272 g/mol. The summed E-state index contributed by atoms with van der Waals surface area (Å²) >= 11 is -1.18. The van der Waals surface area contributed by atoms with Crippen LogP contribution in [-0.2, 0) is 11.2 Å². The number of hydrogen-bond donors (Lipinski definition) is 1. The summed E-state index contributed by atoms with van der Waals surface area (Å²) in [4.78, 5) is 4.96. The quantitative estimate of drug-likeness (QED) is 0.872. The second kappa shape index (κ2) is 5.74. The molecule has 1 fully saturated rings. The van der Waals surface area contributed by atoms with E-state index in [9.17, 15) is 4.55 Å². The van der Waals surface area contributed by atoms with E-state index in [1.54, 1.807) is 12.3 Å². The van der Waals surface area contributed by atoms with Crippen molar-refractivity contribution >= 4 is 11.2 Å². The fourth-order valence-corrected chi connectivity index (χ4v) is 3.36. The fraction of sp³-hybridized carbons (Fsp3) is 0.267. The van der Waals surface area contributed by atoms with Crippen LogP contribution in [0.4, 0.5) is 0 Å². The van der Waals surface area contributed by atoms with E-state index in [2.05, 4.69) is 22.4 Å². The summed E-state index contributed by atoms with van der Waals surface area (Å²) in [6.07, 6.45) is 2.86. The molecule has 0 amide bonds. The highest BCUT2D eigenvalue weighted by atomic mass is 32.2. The van der Waals surface area contributed by atoms with Gasteiger partial charge in [-0.2, -0.15) is 0 Å². The molecule has 0 bridgehead atoms. The summed E-state index contributed by atoms with van der Waals surface area (Å²) in [5, 5.41) is 3.97. The number of hydrogen-bond acceptors (Lipinski definition) is 3. The molecule has 2 atom stereocenters. The van der Waals surface area contributed by atoms with Crippen molar-refractivity contribution in [1.82, 2.24) is 10.3 Å². The van der Waals surface area contributed by atoms with Crippen LogP contribution < -0.4 is 5.32 Å². The van der Waals surface area contributed by atoms with Crippen molar-refractivity contribution in [1.29, 1.82) is 0 Å². The highest BCUT2D eigenvalue weighted by Crippen LogP contribution is 2.25. The van der Waals surface area contributed by atoms with Gasteiger partial charge in [-0.3, -0.25) is 0 Å². The molecule has 98 valence electrons. The molecule has 4 heteroatoms. The topological polar surface area (TPSA) is 48.0 Å². The number of pyridine rings is 1. The molecular formula is C15H16N2OS. The zero-order valence-corrected chi connectivity index (χ0v) is 11.4. The Balaban J connectivity index is 1.78. The Morgan fingerprint density at radius 2 is 2.00 bits per heavy atom. The normalized spacial score (nSPS) is 20.4. The van der Waals surface area contributed by atoms with Gasteiger partial charge in [0.15, 0.2) is 4.90 Å². The van der Waals surface area contributed by atoms with E-state index in [0.717, 1.165) is 18.0 Å². The predicted molar refractivity (Wildman–Crippen MR) is 75.6 cm³/mol. The smallest absolute Gasteiger partial charge is 0.250 e. The highest BCUT2D eigenvalue weighted by Gasteiger charge is 2.19.